The molecule has 0 spiro atoms. The Labute approximate surface area is 217 Å². The summed E-state index contributed by atoms with van der Waals surface area (Å²) in [7, 11) is 0. The van der Waals surface area contributed by atoms with Gasteiger partial charge in [-0.2, -0.15) is 0 Å². The van der Waals surface area contributed by atoms with E-state index in [0.717, 1.165) is 5.56 Å². The quantitative estimate of drug-likeness (QED) is 0.266. The molecule has 11 nitrogen and oxygen atoms in total. The lowest BCUT2D eigenvalue weighted by Gasteiger charge is -2.34. The third-order valence-corrected chi connectivity index (χ3v) is 4.98. The maximum Gasteiger partial charge on any atom is 0.408 e. The number of nitrogens with two attached hydrogens (primary N) is 1. The van der Waals surface area contributed by atoms with Crippen LogP contribution < -0.4 is 16.4 Å². The van der Waals surface area contributed by atoms with Crippen LogP contribution in [0.4, 0.5) is 4.79 Å². The number of primary amides is 1. The summed E-state index contributed by atoms with van der Waals surface area (Å²) in [5.74, 6) is -2.61. The number of hydrogen-bond acceptors (Lipinski definition) is 7. The summed E-state index contributed by atoms with van der Waals surface area (Å²) in [6.45, 7) is 12.2. The SMILES string of the molecule is C=CCN(C(=O)C(CC(N)=O)NC(=O)OC(C)(C)C)C(C(=O)NCCC(=O)OCC)c1ccccc1C. The summed E-state index contributed by atoms with van der Waals surface area (Å²) in [5, 5.41) is 5.07. The van der Waals surface area contributed by atoms with E-state index in [1.54, 1.807) is 58.9 Å². The van der Waals surface area contributed by atoms with Crippen molar-refractivity contribution in [3.8, 4) is 0 Å². The molecule has 0 heterocycles. The first kappa shape index (κ1) is 31.1. The Bertz CT molecular complexity index is 987. The third-order valence-electron chi connectivity index (χ3n) is 4.98. The van der Waals surface area contributed by atoms with Crippen LogP contribution in [-0.2, 0) is 28.7 Å². The van der Waals surface area contributed by atoms with Gasteiger partial charge in [-0.3, -0.25) is 19.2 Å². The van der Waals surface area contributed by atoms with E-state index in [2.05, 4.69) is 17.2 Å². The zero-order chi connectivity index (χ0) is 28.2. The molecule has 0 aliphatic carbocycles. The molecule has 0 bridgehead atoms. The average Bonchev–Trinajstić information content (AvgIpc) is 2.77. The van der Waals surface area contributed by atoms with E-state index in [1.807, 2.05) is 0 Å². The van der Waals surface area contributed by atoms with E-state index in [9.17, 15) is 24.0 Å². The highest BCUT2D eigenvalue weighted by atomic mass is 16.6. The van der Waals surface area contributed by atoms with E-state index in [1.165, 1.54) is 11.0 Å². The van der Waals surface area contributed by atoms with Crippen molar-refractivity contribution < 1.29 is 33.4 Å². The van der Waals surface area contributed by atoms with Gasteiger partial charge in [-0.1, -0.05) is 30.3 Å². The molecule has 0 fully saturated rings. The summed E-state index contributed by atoms with van der Waals surface area (Å²) < 4.78 is 10.1. The standard InChI is InChI=1S/C26H38N4O7/c1-7-15-30(24(34)19(16-20(27)31)29-25(35)37-26(4,5)6)22(18-12-10-9-11-17(18)3)23(33)28-14-13-21(32)36-8-2/h7,9-12,19,22H,1,8,13-16H2,2-6H3,(H2,27,31)(H,28,33)(H,29,35). The first-order valence-corrected chi connectivity index (χ1v) is 12.0. The molecule has 4 N–H and O–H groups in total. The van der Waals surface area contributed by atoms with Gasteiger partial charge in [0.05, 0.1) is 19.4 Å². The van der Waals surface area contributed by atoms with Gasteiger partial charge in [0.15, 0.2) is 0 Å². The lowest BCUT2D eigenvalue weighted by atomic mass is 9.97. The van der Waals surface area contributed by atoms with Crippen molar-refractivity contribution in [1.82, 2.24) is 15.5 Å². The summed E-state index contributed by atoms with van der Waals surface area (Å²) in [6.07, 6.45) is -0.0717. The number of carbonyl (C=O) groups excluding carboxylic acids is 5. The van der Waals surface area contributed by atoms with Gasteiger partial charge in [0, 0.05) is 13.1 Å². The number of rotatable bonds is 13. The maximum absolute atomic E-state index is 13.7. The molecule has 0 radical (unpaired) electrons. The fourth-order valence-corrected chi connectivity index (χ4v) is 3.47. The molecular weight excluding hydrogens is 480 g/mol. The van der Waals surface area contributed by atoms with Gasteiger partial charge >= 0.3 is 12.1 Å². The van der Waals surface area contributed by atoms with E-state index < -0.39 is 53.9 Å². The summed E-state index contributed by atoms with van der Waals surface area (Å²) in [6, 6.07) is 4.42. The van der Waals surface area contributed by atoms with Crippen LogP contribution in [0.2, 0.25) is 0 Å². The van der Waals surface area contributed by atoms with Crippen LogP contribution in [0.3, 0.4) is 0 Å². The zero-order valence-electron chi connectivity index (χ0n) is 22.2. The van der Waals surface area contributed by atoms with E-state index >= 15 is 0 Å². The number of ether oxygens (including phenoxy) is 2. The lowest BCUT2D eigenvalue weighted by Crippen LogP contribution is -2.54. The Hall–Kier alpha value is -3.89. The first-order valence-electron chi connectivity index (χ1n) is 12.0. The minimum atomic E-state index is -1.40. The predicted octanol–water partition coefficient (Wildman–Crippen LogP) is 1.89. The van der Waals surface area contributed by atoms with Crippen molar-refractivity contribution in [2.75, 3.05) is 19.7 Å². The maximum atomic E-state index is 13.7. The van der Waals surface area contributed by atoms with Crippen LogP contribution in [0.1, 0.15) is 57.7 Å². The topological polar surface area (TPSA) is 157 Å². The van der Waals surface area contributed by atoms with Gasteiger partial charge in [0.2, 0.25) is 17.7 Å². The molecule has 11 heteroatoms. The molecule has 0 saturated heterocycles. The van der Waals surface area contributed by atoms with Crippen LogP contribution >= 0.6 is 0 Å². The van der Waals surface area contributed by atoms with Crippen LogP contribution in [0.5, 0.6) is 0 Å². The molecule has 0 saturated carbocycles. The smallest absolute Gasteiger partial charge is 0.408 e. The highest BCUT2D eigenvalue weighted by molar-refractivity contribution is 5.94. The molecule has 1 aromatic rings. The van der Waals surface area contributed by atoms with E-state index in [-0.39, 0.29) is 26.1 Å². The Morgan fingerprint density at radius 2 is 1.81 bits per heavy atom. The Morgan fingerprint density at radius 3 is 2.35 bits per heavy atom. The van der Waals surface area contributed by atoms with Crippen molar-refractivity contribution in [2.24, 2.45) is 5.73 Å². The number of amides is 4. The monoisotopic (exact) mass is 518 g/mol. The molecule has 2 unspecified atom stereocenters. The molecule has 0 aromatic heterocycles. The number of carbonyl (C=O) groups is 5. The van der Waals surface area contributed by atoms with Crippen molar-refractivity contribution in [1.29, 1.82) is 0 Å². The number of hydrogen-bond donors (Lipinski definition) is 3. The lowest BCUT2D eigenvalue weighted by molar-refractivity contribution is -0.144. The Kier molecular flexibility index (Phi) is 12.3. The van der Waals surface area contributed by atoms with Crippen LogP contribution in [-0.4, -0.2) is 66.0 Å². The van der Waals surface area contributed by atoms with Crippen LogP contribution in [0.25, 0.3) is 0 Å². The van der Waals surface area contributed by atoms with Crippen molar-refractivity contribution >= 4 is 29.8 Å². The number of nitrogens with zero attached hydrogens (tertiary/aromatic N) is 1. The number of benzene rings is 1. The highest BCUT2D eigenvalue weighted by Crippen LogP contribution is 2.26. The van der Waals surface area contributed by atoms with Crippen molar-refractivity contribution in [3.05, 3.63) is 48.0 Å². The minimum absolute atomic E-state index is 0.0168. The molecule has 37 heavy (non-hydrogen) atoms. The molecule has 4 amide bonds. The molecule has 0 aliphatic heterocycles. The van der Waals surface area contributed by atoms with Crippen molar-refractivity contribution in [2.45, 2.75) is 65.1 Å². The summed E-state index contributed by atoms with van der Waals surface area (Å²) in [5.41, 5.74) is 5.74. The fourth-order valence-electron chi connectivity index (χ4n) is 3.47. The van der Waals surface area contributed by atoms with Gasteiger partial charge in [0.1, 0.15) is 17.7 Å². The second kappa shape index (κ2) is 14.6. The normalized spacial score (nSPS) is 12.5. The largest absolute Gasteiger partial charge is 0.466 e. The zero-order valence-corrected chi connectivity index (χ0v) is 22.2. The Balaban J connectivity index is 3.38. The molecule has 204 valence electrons. The first-order chi connectivity index (χ1) is 17.3. The van der Waals surface area contributed by atoms with Crippen LogP contribution in [0, 0.1) is 6.92 Å². The Morgan fingerprint density at radius 1 is 1.16 bits per heavy atom. The van der Waals surface area contributed by atoms with Gasteiger partial charge in [-0.15, -0.1) is 6.58 Å². The van der Waals surface area contributed by atoms with Gasteiger partial charge in [0.25, 0.3) is 0 Å². The van der Waals surface area contributed by atoms with Gasteiger partial charge in [-0.05, 0) is 45.7 Å². The average molecular weight is 519 g/mol. The molecule has 1 aromatic carbocycles. The van der Waals surface area contributed by atoms with Crippen LogP contribution in [0.15, 0.2) is 36.9 Å². The number of nitrogens with one attached hydrogen (secondary N) is 2. The molecular formula is C26H38N4O7. The predicted molar refractivity (Wildman–Crippen MR) is 137 cm³/mol. The summed E-state index contributed by atoms with van der Waals surface area (Å²) >= 11 is 0. The number of aryl methyl sites for hydroxylation is 1. The number of esters is 1. The van der Waals surface area contributed by atoms with E-state index in [4.69, 9.17) is 15.2 Å². The molecule has 1 rings (SSSR count). The third kappa shape index (κ3) is 10.7. The second-order valence-corrected chi connectivity index (χ2v) is 9.25. The fraction of sp³-hybridized carbons (Fsp3) is 0.500. The van der Waals surface area contributed by atoms with Gasteiger partial charge in [-0.25, -0.2) is 4.79 Å². The second-order valence-electron chi connectivity index (χ2n) is 9.25. The van der Waals surface area contributed by atoms with E-state index in [0.29, 0.717) is 5.56 Å². The van der Waals surface area contributed by atoms with Crippen molar-refractivity contribution in [3.63, 3.8) is 0 Å². The minimum Gasteiger partial charge on any atom is -0.466 e. The molecule has 0 aliphatic rings. The van der Waals surface area contributed by atoms with Gasteiger partial charge < -0.3 is 30.7 Å². The highest BCUT2D eigenvalue weighted by Gasteiger charge is 2.37. The number of alkyl carbamates (subject to hydrolysis) is 1. The summed E-state index contributed by atoms with van der Waals surface area (Å²) in [4.78, 5) is 64.2. The molecule has 2 atom stereocenters.